The monoisotopic (exact) mass is 396 g/mol. The van der Waals surface area contributed by atoms with Crippen molar-refractivity contribution in [2.45, 2.75) is 19.8 Å². The third-order valence-electron chi connectivity index (χ3n) is 4.30. The third-order valence-corrected chi connectivity index (χ3v) is 4.30. The van der Waals surface area contributed by atoms with Crippen LogP contribution in [0.2, 0.25) is 0 Å². The minimum atomic E-state index is -0.451. The highest BCUT2D eigenvalue weighted by atomic mass is 16.6. The molecule has 8 nitrogen and oxygen atoms in total. The first-order chi connectivity index (χ1) is 14.0. The number of ether oxygens (including phenoxy) is 2. The van der Waals surface area contributed by atoms with Crippen molar-refractivity contribution in [1.82, 2.24) is 4.98 Å². The molecule has 0 bridgehead atoms. The largest absolute Gasteiger partial charge is 0.493 e. The summed E-state index contributed by atoms with van der Waals surface area (Å²) >= 11 is 0. The van der Waals surface area contributed by atoms with E-state index in [0.717, 1.165) is 11.3 Å². The molecular formula is C21H20N2O6. The molecule has 0 saturated heterocycles. The van der Waals surface area contributed by atoms with Crippen LogP contribution in [0.15, 0.2) is 52.9 Å². The Morgan fingerprint density at radius 2 is 1.97 bits per heavy atom. The van der Waals surface area contributed by atoms with Crippen LogP contribution >= 0.6 is 0 Å². The van der Waals surface area contributed by atoms with Crippen LogP contribution < -0.4 is 4.74 Å². The van der Waals surface area contributed by atoms with Crippen LogP contribution in [0.25, 0.3) is 11.5 Å². The molecule has 3 aromatic rings. The summed E-state index contributed by atoms with van der Waals surface area (Å²) in [5.74, 6) is 1.43. The molecule has 0 spiro atoms. The molecule has 0 aliphatic heterocycles. The Morgan fingerprint density at radius 3 is 2.66 bits per heavy atom. The van der Waals surface area contributed by atoms with Crippen LogP contribution in [0.5, 0.6) is 5.75 Å². The van der Waals surface area contributed by atoms with Gasteiger partial charge in [-0.1, -0.05) is 12.1 Å². The second kappa shape index (κ2) is 9.01. The van der Waals surface area contributed by atoms with E-state index in [1.54, 1.807) is 18.2 Å². The highest BCUT2D eigenvalue weighted by Crippen LogP contribution is 2.24. The maximum absolute atomic E-state index is 11.4. The van der Waals surface area contributed by atoms with E-state index < -0.39 is 4.92 Å². The number of aromatic nitrogens is 1. The van der Waals surface area contributed by atoms with Crippen molar-refractivity contribution in [3.05, 3.63) is 75.7 Å². The lowest BCUT2D eigenvalue weighted by molar-refractivity contribution is -0.384. The zero-order valence-electron chi connectivity index (χ0n) is 16.1. The van der Waals surface area contributed by atoms with Gasteiger partial charge < -0.3 is 13.9 Å². The van der Waals surface area contributed by atoms with Gasteiger partial charge in [-0.15, -0.1) is 0 Å². The maximum Gasteiger partial charge on any atom is 0.309 e. The van der Waals surface area contributed by atoms with E-state index in [1.807, 2.05) is 25.1 Å². The van der Waals surface area contributed by atoms with Gasteiger partial charge in [-0.05, 0) is 36.8 Å². The normalized spacial score (nSPS) is 10.6. The van der Waals surface area contributed by atoms with Gasteiger partial charge in [0.1, 0.15) is 11.5 Å². The first-order valence-corrected chi connectivity index (χ1v) is 8.96. The lowest BCUT2D eigenvalue weighted by Crippen LogP contribution is -2.06. The second-order valence-electron chi connectivity index (χ2n) is 6.32. The fraction of sp³-hybridized carbons (Fsp3) is 0.238. The number of hydrogen-bond donors (Lipinski definition) is 0. The maximum atomic E-state index is 11.4. The summed E-state index contributed by atoms with van der Waals surface area (Å²) in [4.78, 5) is 26.2. The Kier molecular flexibility index (Phi) is 6.23. The van der Waals surface area contributed by atoms with E-state index >= 15 is 0 Å². The predicted octanol–water partition coefficient (Wildman–Crippen LogP) is 3.90. The van der Waals surface area contributed by atoms with Crippen LogP contribution in [0.3, 0.4) is 0 Å². The quantitative estimate of drug-likeness (QED) is 0.323. The number of carbonyl (C=O) groups is 1. The molecule has 0 radical (unpaired) electrons. The Hall–Kier alpha value is -3.68. The number of oxazole rings is 1. The average Bonchev–Trinajstić information content (AvgIpc) is 3.09. The zero-order valence-corrected chi connectivity index (χ0v) is 16.1. The van der Waals surface area contributed by atoms with Crippen molar-refractivity contribution >= 4 is 11.7 Å². The molecule has 0 aliphatic rings. The first kappa shape index (κ1) is 20.1. The number of carbonyl (C=O) groups excluding carboxylic acids is 1. The Labute approximate surface area is 167 Å². The fourth-order valence-corrected chi connectivity index (χ4v) is 2.76. The van der Waals surface area contributed by atoms with E-state index in [2.05, 4.69) is 9.72 Å². The van der Waals surface area contributed by atoms with E-state index in [0.29, 0.717) is 36.0 Å². The summed E-state index contributed by atoms with van der Waals surface area (Å²) in [6, 6.07) is 13.3. The Morgan fingerprint density at radius 1 is 1.21 bits per heavy atom. The van der Waals surface area contributed by atoms with Crippen molar-refractivity contribution in [3.8, 4) is 17.2 Å². The summed E-state index contributed by atoms with van der Waals surface area (Å²) in [7, 11) is 1.36. The molecule has 29 heavy (non-hydrogen) atoms. The lowest BCUT2D eigenvalue weighted by Gasteiger charge is -2.07. The lowest BCUT2D eigenvalue weighted by atomic mass is 10.1. The van der Waals surface area contributed by atoms with Crippen LogP contribution in [0.4, 0.5) is 5.69 Å². The van der Waals surface area contributed by atoms with Gasteiger partial charge in [0.15, 0.2) is 0 Å². The molecule has 150 valence electrons. The number of methoxy groups -OCH3 is 1. The standard InChI is InChI=1S/C21H20N2O6/c1-14-19(22-21(29-14)16-6-8-17(9-7-16)23(25)26)10-11-28-18-5-3-4-15(12-18)13-20(24)27-2/h3-9,12H,10-11,13H2,1-2H3. The molecule has 1 heterocycles. The number of rotatable bonds is 8. The summed E-state index contributed by atoms with van der Waals surface area (Å²) in [6.07, 6.45) is 0.720. The molecule has 0 aliphatic carbocycles. The van der Waals surface area contributed by atoms with Crippen LogP contribution in [0.1, 0.15) is 17.0 Å². The Balaban J connectivity index is 1.61. The molecule has 0 fully saturated rings. The fourth-order valence-electron chi connectivity index (χ4n) is 2.76. The van der Waals surface area contributed by atoms with Crippen molar-refractivity contribution in [2.75, 3.05) is 13.7 Å². The third kappa shape index (κ3) is 5.19. The number of hydrogen-bond acceptors (Lipinski definition) is 7. The van der Waals surface area contributed by atoms with Gasteiger partial charge in [0.25, 0.3) is 5.69 Å². The molecule has 0 N–H and O–H groups in total. The number of nitrogens with zero attached hydrogens (tertiary/aromatic N) is 2. The van der Waals surface area contributed by atoms with Gasteiger partial charge in [0.2, 0.25) is 5.89 Å². The van der Waals surface area contributed by atoms with Crippen LogP contribution in [-0.4, -0.2) is 29.6 Å². The molecule has 8 heteroatoms. The van der Waals surface area contributed by atoms with Gasteiger partial charge in [0, 0.05) is 24.1 Å². The summed E-state index contributed by atoms with van der Waals surface area (Å²) in [5, 5.41) is 10.8. The molecule has 2 aromatic carbocycles. The highest BCUT2D eigenvalue weighted by Gasteiger charge is 2.13. The smallest absolute Gasteiger partial charge is 0.309 e. The van der Waals surface area contributed by atoms with Crippen molar-refractivity contribution in [3.63, 3.8) is 0 Å². The number of nitro benzene ring substituents is 1. The van der Waals surface area contributed by atoms with Gasteiger partial charge >= 0.3 is 5.97 Å². The second-order valence-corrected chi connectivity index (χ2v) is 6.32. The molecule has 0 unspecified atom stereocenters. The summed E-state index contributed by atoms with van der Waals surface area (Å²) < 4.78 is 16.1. The minimum Gasteiger partial charge on any atom is -0.493 e. The predicted molar refractivity (Wildman–Crippen MR) is 105 cm³/mol. The number of benzene rings is 2. The summed E-state index contributed by atoms with van der Waals surface area (Å²) in [5.41, 5.74) is 2.25. The first-order valence-electron chi connectivity index (χ1n) is 8.96. The minimum absolute atomic E-state index is 0.0140. The topological polar surface area (TPSA) is 105 Å². The number of nitro groups is 1. The molecular weight excluding hydrogens is 376 g/mol. The Bertz CT molecular complexity index is 1010. The average molecular weight is 396 g/mol. The SMILES string of the molecule is COC(=O)Cc1cccc(OCCc2nc(-c3ccc([N+](=O)[O-])cc3)oc2C)c1. The van der Waals surface area contributed by atoms with E-state index in [9.17, 15) is 14.9 Å². The molecule has 0 saturated carbocycles. The van der Waals surface area contributed by atoms with Gasteiger partial charge in [-0.3, -0.25) is 14.9 Å². The zero-order chi connectivity index (χ0) is 20.8. The number of non-ortho nitro benzene ring substituents is 1. The van der Waals surface area contributed by atoms with Crippen molar-refractivity contribution < 1.29 is 23.6 Å². The van der Waals surface area contributed by atoms with E-state index in [1.165, 1.54) is 19.2 Å². The van der Waals surface area contributed by atoms with Gasteiger partial charge in [-0.2, -0.15) is 0 Å². The van der Waals surface area contributed by atoms with Gasteiger partial charge in [-0.25, -0.2) is 4.98 Å². The van der Waals surface area contributed by atoms with Crippen LogP contribution in [-0.2, 0) is 22.4 Å². The number of aryl methyl sites for hydroxylation is 1. The summed E-state index contributed by atoms with van der Waals surface area (Å²) in [6.45, 7) is 2.20. The molecule has 0 atom stereocenters. The highest BCUT2D eigenvalue weighted by molar-refractivity contribution is 5.72. The molecule has 0 amide bonds. The van der Waals surface area contributed by atoms with E-state index in [4.69, 9.17) is 9.15 Å². The molecule has 1 aromatic heterocycles. The van der Waals surface area contributed by atoms with Crippen molar-refractivity contribution in [1.29, 1.82) is 0 Å². The van der Waals surface area contributed by atoms with Crippen LogP contribution in [0, 0.1) is 17.0 Å². The van der Waals surface area contributed by atoms with Gasteiger partial charge in [0.05, 0.1) is 30.8 Å². The molecule has 3 rings (SSSR count). The number of esters is 1. The van der Waals surface area contributed by atoms with Crippen molar-refractivity contribution in [2.24, 2.45) is 0 Å². The van der Waals surface area contributed by atoms with E-state index in [-0.39, 0.29) is 18.1 Å².